The highest BCUT2D eigenvalue weighted by Crippen LogP contribution is 2.32. The van der Waals surface area contributed by atoms with E-state index in [0.717, 1.165) is 41.4 Å². The van der Waals surface area contributed by atoms with Crippen LogP contribution in [0.1, 0.15) is 46.1 Å². The second-order valence-corrected chi connectivity index (χ2v) is 7.12. The van der Waals surface area contributed by atoms with E-state index in [1.54, 1.807) is 12.1 Å². The highest BCUT2D eigenvalue weighted by atomic mass is 16.5. The fourth-order valence-electron chi connectivity index (χ4n) is 3.77. The number of aromatic nitrogens is 1. The van der Waals surface area contributed by atoms with Crippen molar-refractivity contribution < 1.29 is 9.53 Å². The van der Waals surface area contributed by atoms with Gasteiger partial charge in [0.05, 0.1) is 22.7 Å². The Hall–Kier alpha value is -3.19. The first-order valence-electron chi connectivity index (χ1n) is 9.23. The van der Waals surface area contributed by atoms with Gasteiger partial charge in [0.2, 0.25) is 0 Å². The van der Waals surface area contributed by atoms with E-state index in [4.69, 9.17) is 9.72 Å². The molecule has 134 valence electrons. The molecule has 4 nitrogen and oxygen atoms in total. The molecule has 0 saturated heterocycles. The number of ether oxygens (including phenoxy) is 1. The molecule has 0 N–H and O–H groups in total. The van der Waals surface area contributed by atoms with Crippen LogP contribution < -0.4 is 0 Å². The molecule has 27 heavy (non-hydrogen) atoms. The molecule has 1 aliphatic carbocycles. The Balaban J connectivity index is 1.73. The molecule has 1 heterocycles. The minimum Gasteiger partial charge on any atom is -0.457 e. The number of aryl methyl sites for hydroxylation is 1. The zero-order valence-electron chi connectivity index (χ0n) is 15.2. The standard InChI is InChI=1S/C23H20N2O2/c1-15-10-11-21-19(12-15)22(18-8-4-5-9-20(18)25-21)23(26)27-14-17-7-3-2-6-16(17)13-24/h2-9,15H,10-12,14H2,1H3. The average molecular weight is 356 g/mol. The Morgan fingerprint density at radius 2 is 2.00 bits per heavy atom. The SMILES string of the molecule is CC1CCc2nc3ccccc3c(C(=O)OCc3ccccc3C#N)c2C1. The monoisotopic (exact) mass is 356 g/mol. The third-order valence-electron chi connectivity index (χ3n) is 5.21. The first kappa shape index (κ1) is 17.2. The van der Waals surface area contributed by atoms with Crippen LogP contribution in [0.3, 0.4) is 0 Å². The zero-order chi connectivity index (χ0) is 18.8. The molecule has 0 spiro atoms. The highest BCUT2D eigenvalue weighted by Gasteiger charge is 2.26. The van der Waals surface area contributed by atoms with Gasteiger partial charge in [-0.05, 0) is 42.9 Å². The van der Waals surface area contributed by atoms with Gasteiger partial charge in [0.25, 0.3) is 0 Å². The number of hydrogen-bond acceptors (Lipinski definition) is 4. The predicted octanol–water partition coefficient (Wildman–Crippen LogP) is 4.59. The largest absolute Gasteiger partial charge is 0.457 e. The van der Waals surface area contributed by atoms with Crippen LogP contribution in [-0.2, 0) is 24.2 Å². The van der Waals surface area contributed by atoms with Crippen molar-refractivity contribution in [2.75, 3.05) is 0 Å². The molecule has 4 heteroatoms. The molecular formula is C23H20N2O2. The fraction of sp³-hybridized carbons (Fsp3) is 0.261. The van der Waals surface area contributed by atoms with Crippen LogP contribution in [0.5, 0.6) is 0 Å². The van der Waals surface area contributed by atoms with Crippen molar-refractivity contribution in [3.8, 4) is 6.07 Å². The Morgan fingerprint density at radius 3 is 2.85 bits per heavy atom. The van der Waals surface area contributed by atoms with E-state index >= 15 is 0 Å². The molecule has 1 atom stereocenters. The maximum atomic E-state index is 13.1. The van der Waals surface area contributed by atoms with Crippen molar-refractivity contribution in [1.82, 2.24) is 4.98 Å². The van der Waals surface area contributed by atoms with Gasteiger partial charge in [-0.2, -0.15) is 5.26 Å². The first-order valence-corrected chi connectivity index (χ1v) is 9.23. The van der Waals surface area contributed by atoms with Gasteiger partial charge < -0.3 is 4.74 Å². The van der Waals surface area contributed by atoms with Crippen molar-refractivity contribution in [3.05, 3.63) is 76.5 Å². The van der Waals surface area contributed by atoms with Crippen molar-refractivity contribution in [3.63, 3.8) is 0 Å². The topological polar surface area (TPSA) is 63.0 Å². The van der Waals surface area contributed by atoms with Gasteiger partial charge >= 0.3 is 5.97 Å². The molecule has 0 saturated carbocycles. The Morgan fingerprint density at radius 1 is 1.22 bits per heavy atom. The number of para-hydroxylation sites is 1. The molecule has 1 unspecified atom stereocenters. The van der Waals surface area contributed by atoms with Crippen molar-refractivity contribution in [2.45, 2.75) is 32.8 Å². The Labute approximate surface area is 158 Å². The molecule has 0 fully saturated rings. The van der Waals surface area contributed by atoms with E-state index in [-0.39, 0.29) is 12.6 Å². The summed E-state index contributed by atoms with van der Waals surface area (Å²) in [6.07, 6.45) is 2.81. The molecule has 0 radical (unpaired) electrons. The number of fused-ring (bicyclic) bond motifs is 2. The van der Waals surface area contributed by atoms with Crippen LogP contribution in [0, 0.1) is 17.2 Å². The van der Waals surface area contributed by atoms with Gasteiger partial charge in [-0.3, -0.25) is 4.98 Å². The molecule has 1 aliphatic rings. The van der Waals surface area contributed by atoms with E-state index in [0.29, 0.717) is 22.6 Å². The maximum Gasteiger partial charge on any atom is 0.339 e. The van der Waals surface area contributed by atoms with E-state index in [1.165, 1.54) is 0 Å². The molecule has 2 aromatic carbocycles. The number of carbonyl (C=O) groups excluding carboxylic acids is 1. The normalized spacial score (nSPS) is 15.8. The number of benzene rings is 2. The molecular weight excluding hydrogens is 336 g/mol. The number of esters is 1. The van der Waals surface area contributed by atoms with Gasteiger partial charge in [0.15, 0.2) is 0 Å². The molecule has 0 aliphatic heterocycles. The van der Waals surface area contributed by atoms with E-state index in [9.17, 15) is 10.1 Å². The summed E-state index contributed by atoms with van der Waals surface area (Å²) in [7, 11) is 0. The number of carbonyl (C=O) groups is 1. The first-order chi connectivity index (χ1) is 13.2. The van der Waals surface area contributed by atoms with E-state index < -0.39 is 0 Å². The van der Waals surface area contributed by atoms with E-state index in [2.05, 4.69) is 13.0 Å². The average Bonchev–Trinajstić information content (AvgIpc) is 2.70. The predicted molar refractivity (Wildman–Crippen MR) is 103 cm³/mol. The molecule has 3 aromatic rings. The van der Waals surface area contributed by atoms with Crippen LogP contribution in [0.15, 0.2) is 48.5 Å². The number of nitriles is 1. The third kappa shape index (κ3) is 3.29. The maximum absolute atomic E-state index is 13.1. The van der Waals surface area contributed by atoms with Crippen LogP contribution >= 0.6 is 0 Å². The van der Waals surface area contributed by atoms with E-state index in [1.807, 2.05) is 36.4 Å². The zero-order valence-corrected chi connectivity index (χ0v) is 15.2. The van der Waals surface area contributed by atoms with Crippen LogP contribution in [0.4, 0.5) is 0 Å². The summed E-state index contributed by atoms with van der Waals surface area (Å²) >= 11 is 0. The van der Waals surface area contributed by atoms with Crippen LogP contribution in [-0.4, -0.2) is 11.0 Å². The van der Waals surface area contributed by atoms with Gasteiger partial charge in [0, 0.05) is 16.6 Å². The quantitative estimate of drug-likeness (QED) is 0.644. The lowest BCUT2D eigenvalue weighted by atomic mass is 9.84. The lowest BCUT2D eigenvalue weighted by Gasteiger charge is -2.24. The van der Waals surface area contributed by atoms with Crippen molar-refractivity contribution in [2.24, 2.45) is 5.92 Å². The highest BCUT2D eigenvalue weighted by molar-refractivity contribution is 6.05. The second-order valence-electron chi connectivity index (χ2n) is 7.12. The lowest BCUT2D eigenvalue weighted by Crippen LogP contribution is -2.19. The lowest BCUT2D eigenvalue weighted by molar-refractivity contribution is 0.0473. The van der Waals surface area contributed by atoms with Gasteiger partial charge in [0.1, 0.15) is 6.61 Å². The fourth-order valence-corrected chi connectivity index (χ4v) is 3.77. The van der Waals surface area contributed by atoms with Crippen LogP contribution in [0.25, 0.3) is 10.9 Å². The van der Waals surface area contributed by atoms with Gasteiger partial charge in [-0.25, -0.2) is 4.79 Å². The van der Waals surface area contributed by atoms with Crippen molar-refractivity contribution in [1.29, 1.82) is 5.26 Å². The Kier molecular flexibility index (Phi) is 4.60. The number of nitrogens with zero attached hydrogens (tertiary/aromatic N) is 2. The van der Waals surface area contributed by atoms with Gasteiger partial charge in [-0.15, -0.1) is 0 Å². The summed E-state index contributed by atoms with van der Waals surface area (Å²) in [6.45, 7) is 2.29. The Bertz CT molecular complexity index is 1070. The van der Waals surface area contributed by atoms with Crippen molar-refractivity contribution >= 4 is 16.9 Å². The summed E-state index contributed by atoms with van der Waals surface area (Å²) < 4.78 is 5.65. The minimum absolute atomic E-state index is 0.0868. The molecule has 0 bridgehead atoms. The minimum atomic E-state index is -0.341. The summed E-state index contributed by atoms with van der Waals surface area (Å²) in [5.41, 5.74) is 4.74. The summed E-state index contributed by atoms with van der Waals surface area (Å²) in [5, 5.41) is 10.1. The summed E-state index contributed by atoms with van der Waals surface area (Å²) in [5.74, 6) is 0.179. The summed E-state index contributed by atoms with van der Waals surface area (Å²) in [6, 6.07) is 17.1. The summed E-state index contributed by atoms with van der Waals surface area (Å²) in [4.78, 5) is 17.9. The number of rotatable bonds is 3. The molecule has 1 aromatic heterocycles. The number of pyridine rings is 1. The van der Waals surface area contributed by atoms with Crippen LogP contribution in [0.2, 0.25) is 0 Å². The third-order valence-corrected chi connectivity index (χ3v) is 5.21. The second kappa shape index (κ2) is 7.20. The van der Waals surface area contributed by atoms with Gasteiger partial charge in [-0.1, -0.05) is 43.3 Å². The molecule has 0 amide bonds. The number of hydrogen-bond donors (Lipinski definition) is 0. The smallest absolute Gasteiger partial charge is 0.339 e. The molecule has 4 rings (SSSR count).